The summed E-state index contributed by atoms with van der Waals surface area (Å²) in [4.78, 5) is 28.5. The van der Waals surface area contributed by atoms with E-state index in [2.05, 4.69) is 15.6 Å². The first-order valence-corrected chi connectivity index (χ1v) is 8.88. The molecular weight excluding hydrogens is 342 g/mol. The van der Waals surface area contributed by atoms with Gasteiger partial charge < -0.3 is 14.8 Å². The number of ether oxygens (including phenoxy) is 2. The Morgan fingerprint density at radius 2 is 2.12 bits per heavy atom. The monoisotopic (exact) mass is 361 g/mol. The zero-order valence-electron chi connectivity index (χ0n) is 14.0. The number of anilines is 1. The van der Waals surface area contributed by atoms with Crippen molar-refractivity contribution in [1.29, 1.82) is 0 Å². The smallest absolute Gasteiger partial charge is 0.257 e. The predicted molar refractivity (Wildman–Crippen MR) is 94.2 cm³/mol. The summed E-state index contributed by atoms with van der Waals surface area (Å²) in [6.07, 6.45) is 1.07. The lowest BCUT2D eigenvalue weighted by Crippen LogP contribution is -2.33. The lowest BCUT2D eigenvalue weighted by molar-refractivity contribution is -0.121. The maximum Gasteiger partial charge on any atom is 0.257 e. The van der Waals surface area contributed by atoms with Crippen molar-refractivity contribution in [3.8, 4) is 11.5 Å². The van der Waals surface area contributed by atoms with E-state index in [-0.39, 0.29) is 31.1 Å². The number of hydrogen-bond donors (Lipinski definition) is 2. The second kappa shape index (κ2) is 7.52. The molecule has 0 bridgehead atoms. The minimum atomic E-state index is -0.289. The number of carbonyl (C=O) groups is 2. The molecule has 132 valence electrons. The number of nitrogens with zero attached hydrogens (tertiary/aromatic N) is 1. The summed E-state index contributed by atoms with van der Waals surface area (Å²) >= 11 is 1.29. The van der Waals surface area contributed by atoms with Gasteiger partial charge in [-0.2, -0.15) is 0 Å². The summed E-state index contributed by atoms with van der Waals surface area (Å²) in [5.41, 5.74) is 1.09. The summed E-state index contributed by atoms with van der Waals surface area (Å²) in [6.45, 7) is 4.13. The second-order valence-electron chi connectivity index (χ2n) is 5.72. The van der Waals surface area contributed by atoms with Crippen LogP contribution in [0, 0.1) is 0 Å². The summed E-state index contributed by atoms with van der Waals surface area (Å²) in [5, 5.41) is 7.85. The van der Waals surface area contributed by atoms with Crippen LogP contribution in [0.3, 0.4) is 0 Å². The molecule has 0 aliphatic carbocycles. The molecule has 1 aromatic heterocycles. The van der Waals surface area contributed by atoms with Gasteiger partial charge in [-0.05, 0) is 31.5 Å². The number of fused-ring (bicyclic) bond motifs is 1. The van der Waals surface area contributed by atoms with E-state index in [0.717, 1.165) is 6.42 Å². The third kappa shape index (κ3) is 4.27. The maximum atomic E-state index is 12.3. The van der Waals surface area contributed by atoms with Crippen molar-refractivity contribution in [2.45, 2.75) is 32.7 Å². The first kappa shape index (κ1) is 17.2. The Balaban J connectivity index is 1.59. The summed E-state index contributed by atoms with van der Waals surface area (Å²) in [5.74, 6) is 0.811. The molecule has 2 amide bonds. The van der Waals surface area contributed by atoms with Crippen LogP contribution in [0.25, 0.3) is 0 Å². The molecule has 0 radical (unpaired) electrons. The van der Waals surface area contributed by atoms with Gasteiger partial charge in [-0.3, -0.25) is 14.9 Å². The highest BCUT2D eigenvalue weighted by Crippen LogP contribution is 2.32. The first-order chi connectivity index (χ1) is 12.0. The van der Waals surface area contributed by atoms with Gasteiger partial charge in [0.25, 0.3) is 5.91 Å². The van der Waals surface area contributed by atoms with Gasteiger partial charge in [0.2, 0.25) is 12.7 Å². The highest BCUT2D eigenvalue weighted by molar-refractivity contribution is 7.14. The van der Waals surface area contributed by atoms with Gasteiger partial charge >= 0.3 is 0 Å². The van der Waals surface area contributed by atoms with E-state index in [1.54, 1.807) is 23.6 Å². The number of nitrogens with one attached hydrogen (secondary N) is 2. The average Bonchev–Trinajstić information content (AvgIpc) is 3.22. The number of aromatic nitrogens is 1. The summed E-state index contributed by atoms with van der Waals surface area (Å²) in [7, 11) is 0. The van der Waals surface area contributed by atoms with Crippen LogP contribution in [-0.4, -0.2) is 29.6 Å². The number of amides is 2. The van der Waals surface area contributed by atoms with E-state index in [1.165, 1.54) is 11.3 Å². The Morgan fingerprint density at radius 1 is 1.32 bits per heavy atom. The summed E-state index contributed by atoms with van der Waals surface area (Å²) < 4.78 is 10.5. The first-order valence-electron chi connectivity index (χ1n) is 8.00. The molecule has 2 heterocycles. The number of hydrogen-bond acceptors (Lipinski definition) is 6. The molecule has 2 N–H and O–H groups in total. The largest absolute Gasteiger partial charge is 0.454 e. The Hall–Kier alpha value is -2.61. The van der Waals surface area contributed by atoms with Crippen molar-refractivity contribution >= 4 is 28.3 Å². The van der Waals surface area contributed by atoms with E-state index in [4.69, 9.17) is 9.47 Å². The van der Waals surface area contributed by atoms with Crippen molar-refractivity contribution in [2.75, 3.05) is 12.1 Å². The number of rotatable bonds is 6. The van der Waals surface area contributed by atoms with Gasteiger partial charge in [0.05, 0.1) is 12.1 Å². The Labute approximate surface area is 149 Å². The fourth-order valence-corrected chi connectivity index (χ4v) is 2.95. The van der Waals surface area contributed by atoms with Crippen LogP contribution in [0.15, 0.2) is 23.6 Å². The van der Waals surface area contributed by atoms with E-state index < -0.39 is 0 Å². The molecule has 1 unspecified atom stereocenters. The molecule has 1 aliphatic heterocycles. The van der Waals surface area contributed by atoms with Gasteiger partial charge in [-0.25, -0.2) is 4.98 Å². The Bertz CT molecular complexity index is 790. The lowest BCUT2D eigenvalue weighted by atomic mass is 10.2. The molecule has 25 heavy (non-hydrogen) atoms. The van der Waals surface area contributed by atoms with E-state index >= 15 is 0 Å². The molecule has 8 heteroatoms. The number of benzene rings is 1. The fraction of sp³-hybridized carbons (Fsp3) is 0.353. The van der Waals surface area contributed by atoms with Crippen molar-refractivity contribution < 1.29 is 19.1 Å². The molecular formula is C17H19N3O4S. The highest BCUT2D eigenvalue weighted by Gasteiger charge is 2.17. The van der Waals surface area contributed by atoms with Crippen molar-refractivity contribution in [3.05, 3.63) is 34.8 Å². The standard InChI is InChI=1S/C17H19N3O4S/c1-3-10(2)18-15(21)7-12-8-25-17(19-12)20-16(22)11-4-5-13-14(6-11)24-9-23-13/h4-6,8,10H,3,7,9H2,1-2H3,(H,18,21)(H,19,20,22). The zero-order valence-corrected chi connectivity index (χ0v) is 14.8. The topological polar surface area (TPSA) is 89.6 Å². The third-order valence-corrected chi connectivity index (χ3v) is 4.57. The fourth-order valence-electron chi connectivity index (χ4n) is 2.25. The maximum absolute atomic E-state index is 12.3. The molecule has 1 atom stereocenters. The molecule has 3 rings (SSSR count). The molecule has 1 aliphatic rings. The van der Waals surface area contributed by atoms with Crippen LogP contribution < -0.4 is 20.1 Å². The van der Waals surface area contributed by atoms with Crippen LogP contribution in [0.1, 0.15) is 36.3 Å². The lowest BCUT2D eigenvalue weighted by Gasteiger charge is -2.10. The number of carbonyl (C=O) groups excluding carboxylic acids is 2. The Kier molecular flexibility index (Phi) is 5.18. The predicted octanol–water partition coefficient (Wildman–Crippen LogP) is 2.58. The van der Waals surface area contributed by atoms with Crippen LogP contribution in [0.5, 0.6) is 11.5 Å². The highest BCUT2D eigenvalue weighted by atomic mass is 32.1. The number of thiazole rings is 1. The SMILES string of the molecule is CCC(C)NC(=O)Cc1csc(NC(=O)c2ccc3c(c2)OCO3)n1. The van der Waals surface area contributed by atoms with Gasteiger partial charge in [-0.1, -0.05) is 6.92 Å². The van der Waals surface area contributed by atoms with Crippen LogP contribution in [0.4, 0.5) is 5.13 Å². The van der Waals surface area contributed by atoms with Crippen molar-refractivity contribution in [3.63, 3.8) is 0 Å². The van der Waals surface area contributed by atoms with Gasteiger partial charge in [0.1, 0.15) is 0 Å². The van der Waals surface area contributed by atoms with Gasteiger partial charge in [0, 0.05) is 17.0 Å². The van der Waals surface area contributed by atoms with Crippen LogP contribution in [-0.2, 0) is 11.2 Å². The molecule has 0 saturated heterocycles. The van der Waals surface area contributed by atoms with Crippen LogP contribution >= 0.6 is 11.3 Å². The molecule has 1 aromatic carbocycles. The molecule has 0 saturated carbocycles. The minimum Gasteiger partial charge on any atom is -0.454 e. The van der Waals surface area contributed by atoms with Crippen LogP contribution in [0.2, 0.25) is 0 Å². The minimum absolute atomic E-state index is 0.0757. The quantitative estimate of drug-likeness (QED) is 0.825. The van der Waals surface area contributed by atoms with Crippen molar-refractivity contribution in [1.82, 2.24) is 10.3 Å². The third-order valence-electron chi connectivity index (χ3n) is 3.77. The van der Waals surface area contributed by atoms with E-state index in [9.17, 15) is 9.59 Å². The van der Waals surface area contributed by atoms with Crippen molar-refractivity contribution in [2.24, 2.45) is 0 Å². The zero-order chi connectivity index (χ0) is 17.8. The molecule has 0 spiro atoms. The van der Waals surface area contributed by atoms with E-state index in [1.807, 2.05) is 13.8 Å². The second-order valence-corrected chi connectivity index (χ2v) is 6.58. The average molecular weight is 361 g/mol. The Morgan fingerprint density at radius 3 is 2.92 bits per heavy atom. The van der Waals surface area contributed by atoms with Gasteiger partial charge in [0.15, 0.2) is 16.6 Å². The summed E-state index contributed by atoms with van der Waals surface area (Å²) in [6, 6.07) is 5.13. The normalized spacial score (nSPS) is 13.4. The molecule has 2 aromatic rings. The van der Waals surface area contributed by atoms with Gasteiger partial charge in [-0.15, -0.1) is 11.3 Å². The molecule has 7 nitrogen and oxygen atoms in total. The molecule has 0 fully saturated rings. The van der Waals surface area contributed by atoms with E-state index in [0.29, 0.717) is 27.9 Å².